The molecule has 1 rings (SSSR count). The van der Waals surface area contributed by atoms with Gasteiger partial charge in [0.15, 0.2) is 0 Å². The number of hydrogen-bond acceptors (Lipinski definition) is 7. The zero-order valence-corrected chi connectivity index (χ0v) is 44.0. The van der Waals surface area contributed by atoms with Gasteiger partial charge in [-0.05, 0) is 123 Å². The highest BCUT2D eigenvalue weighted by molar-refractivity contribution is 6.64. The van der Waals surface area contributed by atoms with Crippen LogP contribution in [0, 0.1) is 5.41 Å². The number of unbranched alkanes of at least 4 members (excludes halogenated alkanes) is 27. The van der Waals surface area contributed by atoms with Gasteiger partial charge in [0.1, 0.15) is 6.29 Å². The molecule has 7 nitrogen and oxygen atoms in total. The zero-order chi connectivity index (χ0) is 45.8. The second-order valence-corrected chi connectivity index (χ2v) is 23.3. The number of rotatable bonds is 47. The van der Waals surface area contributed by atoms with Crippen molar-refractivity contribution in [2.75, 3.05) is 52.7 Å². The summed E-state index contributed by atoms with van der Waals surface area (Å²) in [6.45, 7) is 19.8. The van der Waals surface area contributed by atoms with E-state index in [0.29, 0.717) is 26.1 Å². The first-order chi connectivity index (χ1) is 30.7. The summed E-state index contributed by atoms with van der Waals surface area (Å²) in [4.78, 5) is 15.8. The van der Waals surface area contributed by atoms with Crippen molar-refractivity contribution in [3.05, 3.63) is 24.3 Å². The fraction of sp³-hybridized carbons (Fsp3) is 0.909. The van der Waals surface area contributed by atoms with Gasteiger partial charge in [-0.3, -0.25) is 9.69 Å². The Morgan fingerprint density at radius 2 is 0.984 bits per heavy atom. The summed E-state index contributed by atoms with van der Waals surface area (Å²) in [6.07, 6.45) is 51.1. The van der Waals surface area contributed by atoms with Gasteiger partial charge >= 0.3 is 14.5 Å². The molecule has 0 radical (unpaired) electrons. The molecule has 1 atom stereocenters. The smallest absolute Gasteiger partial charge is 0.333 e. The quantitative estimate of drug-likeness (QED) is 0.0198. The van der Waals surface area contributed by atoms with Gasteiger partial charge in [-0.2, -0.15) is 0 Å². The molecular formula is C55H107NO6Si. The van der Waals surface area contributed by atoms with E-state index in [1.807, 2.05) is 13.8 Å². The van der Waals surface area contributed by atoms with E-state index >= 15 is 0 Å². The van der Waals surface area contributed by atoms with Crippen LogP contribution in [0.2, 0.25) is 13.1 Å². The molecule has 1 aliphatic heterocycles. The lowest BCUT2D eigenvalue weighted by Crippen LogP contribution is -2.41. The largest absolute Gasteiger partial charge is 0.465 e. The number of carbonyl (C=O) groups is 1. The van der Waals surface area contributed by atoms with Crippen molar-refractivity contribution in [2.45, 2.75) is 265 Å². The Hall–Kier alpha value is -1.03. The minimum Gasteiger partial charge on any atom is -0.465 e. The molecule has 0 aromatic heterocycles. The van der Waals surface area contributed by atoms with Crippen molar-refractivity contribution >= 4 is 14.5 Å². The third kappa shape index (κ3) is 39.8. The Labute approximate surface area is 393 Å². The van der Waals surface area contributed by atoms with Gasteiger partial charge < -0.3 is 23.1 Å². The van der Waals surface area contributed by atoms with Crippen LogP contribution in [-0.4, -0.2) is 78.4 Å². The van der Waals surface area contributed by atoms with Crippen LogP contribution in [0.15, 0.2) is 24.3 Å². The Bertz CT molecular complexity index is 1040. The summed E-state index contributed by atoms with van der Waals surface area (Å²) in [7, 11) is -2.43. The third-order valence-electron chi connectivity index (χ3n) is 12.7. The summed E-state index contributed by atoms with van der Waals surface area (Å²) in [5, 5.41) is 0. The molecule has 1 unspecified atom stereocenters. The molecule has 1 aliphatic rings. The SMILES string of the molecule is CCCCCCCC/C=C\CCCCCCCCOC(=O)C(C)(C)CCC(OCCCCCCCC/C=C\CCCCCCCC)O[Si](C)(C)OCCCCCCN1CCOCC1. The molecule has 0 aliphatic carbocycles. The Kier molecular flexibility index (Phi) is 41.4. The van der Waals surface area contributed by atoms with Crippen LogP contribution < -0.4 is 0 Å². The van der Waals surface area contributed by atoms with Crippen LogP contribution in [-0.2, 0) is 27.9 Å². The van der Waals surface area contributed by atoms with Crippen molar-refractivity contribution in [2.24, 2.45) is 5.41 Å². The number of nitrogens with zero attached hydrogens (tertiary/aromatic N) is 1. The molecule has 372 valence electrons. The van der Waals surface area contributed by atoms with Gasteiger partial charge in [-0.15, -0.1) is 0 Å². The second kappa shape index (κ2) is 43.5. The minimum absolute atomic E-state index is 0.108. The molecule has 0 spiro atoms. The lowest BCUT2D eigenvalue weighted by Gasteiger charge is -2.31. The van der Waals surface area contributed by atoms with E-state index in [2.05, 4.69) is 56.1 Å². The lowest BCUT2D eigenvalue weighted by molar-refractivity contribution is -0.156. The molecule has 0 N–H and O–H groups in total. The van der Waals surface area contributed by atoms with E-state index < -0.39 is 14.0 Å². The van der Waals surface area contributed by atoms with E-state index in [4.69, 9.17) is 23.1 Å². The molecule has 0 aromatic rings. The summed E-state index contributed by atoms with van der Waals surface area (Å²) >= 11 is 0. The van der Waals surface area contributed by atoms with Crippen LogP contribution in [0.4, 0.5) is 0 Å². The van der Waals surface area contributed by atoms with Gasteiger partial charge in [-0.1, -0.05) is 167 Å². The second-order valence-electron chi connectivity index (χ2n) is 20.0. The predicted molar refractivity (Wildman–Crippen MR) is 273 cm³/mol. The maximum absolute atomic E-state index is 13.3. The summed E-state index contributed by atoms with van der Waals surface area (Å²) in [5.74, 6) is -0.108. The zero-order valence-electron chi connectivity index (χ0n) is 43.0. The number of ether oxygens (including phenoxy) is 3. The van der Waals surface area contributed by atoms with Crippen LogP contribution in [0.3, 0.4) is 0 Å². The van der Waals surface area contributed by atoms with Crippen molar-refractivity contribution < 1.29 is 27.9 Å². The van der Waals surface area contributed by atoms with Crippen molar-refractivity contribution in [1.82, 2.24) is 4.90 Å². The van der Waals surface area contributed by atoms with Crippen molar-refractivity contribution in [3.8, 4) is 0 Å². The number of allylic oxidation sites excluding steroid dienone is 4. The maximum Gasteiger partial charge on any atom is 0.333 e. The van der Waals surface area contributed by atoms with Crippen LogP contribution in [0.5, 0.6) is 0 Å². The van der Waals surface area contributed by atoms with Gasteiger partial charge in [0.25, 0.3) is 0 Å². The number of carbonyl (C=O) groups excluding carboxylic acids is 1. The molecule has 63 heavy (non-hydrogen) atoms. The highest BCUT2D eigenvalue weighted by Gasteiger charge is 2.34. The van der Waals surface area contributed by atoms with E-state index in [-0.39, 0.29) is 12.3 Å². The van der Waals surface area contributed by atoms with Crippen LogP contribution in [0.1, 0.15) is 246 Å². The standard InChI is InChI=1S/C55H107NO6Si/c1-7-9-11-13-15-17-19-21-23-25-27-29-31-33-36-40-48-59-53(62-63(5,6)61-50-42-38-35-39-45-56-46-51-58-52-47-56)43-44-55(3,4)54(57)60-49-41-37-34-32-30-28-26-24-22-20-18-16-14-12-10-8-2/h21-24,53H,7-20,25-52H2,1-6H3/b23-21-,24-22-. The number of morpholine rings is 1. The molecule has 0 saturated carbocycles. The highest BCUT2D eigenvalue weighted by Crippen LogP contribution is 2.28. The number of hydrogen-bond donors (Lipinski definition) is 0. The number of esters is 1. The van der Waals surface area contributed by atoms with Gasteiger partial charge in [0.05, 0.1) is 25.2 Å². The first kappa shape index (κ1) is 60.0. The van der Waals surface area contributed by atoms with E-state index in [1.165, 1.54) is 186 Å². The molecule has 1 heterocycles. The summed E-state index contributed by atoms with van der Waals surface area (Å²) < 4.78 is 30.8. The molecule has 0 bridgehead atoms. The van der Waals surface area contributed by atoms with Crippen LogP contribution in [0.25, 0.3) is 0 Å². The topological polar surface area (TPSA) is 66.5 Å². The Balaban J connectivity index is 2.36. The Morgan fingerprint density at radius 3 is 1.48 bits per heavy atom. The molecule has 1 saturated heterocycles. The average molecular weight is 907 g/mol. The van der Waals surface area contributed by atoms with Gasteiger partial charge in [0, 0.05) is 26.3 Å². The van der Waals surface area contributed by atoms with E-state index in [0.717, 1.165) is 58.6 Å². The lowest BCUT2D eigenvalue weighted by atomic mass is 9.88. The average Bonchev–Trinajstić information content (AvgIpc) is 3.27. The normalized spacial score (nSPS) is 14.7. The minimum atomic E-state index is -2.43. The molecule has 0 aromatic carbocycles. The third-order valence-corrected chi connectivity index (χ3v) is 14.5. The maximum atomic E-state index is 13.3. The Morgan fingerprint density at radius 1 is 0.571 bits per heavy atom. The summed E-state index contributed by atoms with van der Waals surface area (Å²) in [6, 6.07) is 0. The predicted octanol–water partition coefficient (Wildman–Crippen LogP) is 16.4. The first-order valence-electron chi connectivity index (χ1n) is 27.4. The fourth-order valence-corrected chi connectivity index (χ4v) is 9.84. The van der Waals surface area contributed by atoms with Crippen molar-refractivity contribution in [3.63, 3.8) is 0 Å². The van der Waals surface area contributed by atoms with Crippen molar-refractivity contribution in [1.29, 1.82) is 0 Å². The molecule has 0 amide bonds. The summed E-state index contributed by atoms with van der Waals surface area (Å²) in [5.41, 5.74) is -0.593. The molecule has 1 fully saturated rings. The van der Waals surface area contributed by atoms with Gasteiger partial charge in [-0.25, -0.2) is 0 Å². The van der Waals surface area contributed by atoms with Gasteiger partial charge in [0.2, 0.25) is 0 Å². The molecular weight excluding hydrogens is 799 g/mol. The highest BCUT2D eigenvalue weighted by atomic mass is 28.4. The van der Waals surface area contributed by atoms with Crippen LogP contribution >= 0.6 is 0 Å². The first-order valence-corrected chi connectivity index (χ1v) is 30.2. The molecule has 8 heteroatoms. The fourth-order valence-electron chi connectivity index (χ4n) is 8.32. The monoisotopic (exact) mass is 906 g/mol. The van der Waals surface area contributed by atoms with E-state index in [9.17, 15) is 4.79 Å². The van der Waals surface area contributed by atoms with E-state index in [1.54, 1.807) is 0 Å².